The topological polar surface area (TPSA) is 29.3 Å². The van der Waals surface area contributed by atoms with Gasteiger partial charge in [0.05, 0.1) is 0 Å². The van der Waals surface area contributed by atoms with E-state index in [0.29, 0.717) is 6.04 Å². The first-order valence-corrected chi connectivity index (χ1v) is 5.64. The average molecular weight is 182 g/mol. The molecule has 1 saturated carbocycles. The van der Waals surface area contributed by atoms with Crippen LogP contribution in [0, 0.1) is 17.8 Å². The van der Waals surface area contributed by atoms with Crippen molar-refractivity contribution in [2.75, 3.05) is 19.6 Å². The summed E-state index contributed by atoms with van der Waals surface area (Å²) in [5, 5.41) is 0. The summed E-state index contributed by atoms with van der Waals surface area (Å²) in [6.45, 7) is 8.39. The zero-order valence-corrected chi connectivity index (χ0v) is 8.87. The molecule has 4 atom stereocenters. The van der Waals surface area contributed by atoms with Crippen molar-refractivity contribution in [3.63, 3.8) is 0 Å². The van der Waals surface area contributed by atoms with Crippen LogP contribution < -0.4 is 5.73 Å². The predicted molar refractivity (Wildman–Crippen MR) is 55.5 cm³/mol. The number of hydrogen-bond donors (Lipinski definition) is 1. The fourth-order valence-corrected chi connectivity index (χ4v) is 2.44. The molecule has 76 valence electrons. The number of likely N-dealkylation sites (tertiary alicyclic amines) is 1. The van der Waals surface area contributed by atoms with E-state index < -0.39 is 0 Å². The molecule has 1 heterocycles. The highest BCUT2D eigenvalue weighted by molar-refractivity contribution is 4.88. The van der Waals surface area contributed by atoms with Crippen LogP contribution in [0.15, 0.2) is 0 Å². The molecule has 2 aliphatic rings. The minimum atomic E-state index is 0.390. The van der Waals surface area contributed by atoms with Crippen LogP contribution in [-0.2, 0) is 0 Å². The summed E-state index contributed by atoms with van der Waals surface area (Å²) in [6, 6.07) is 0.390. The van der Waals surface area contributed by atoms with Gasteiger partial charge in [0.2, 0.25) is 0 Å². The van der Waals surface area contributed by atoms with E-state index in [9.17, 15) is 0 Å². The number of hydrogen-bond acceptors (Lipinski definition) is 2. The van der Waals surface area contributed by atoms with E-state index in [1.165, 1.54) is 32.5 Å². The van der Waals surface area contributed by atoms with Gasteiger partial charge in [-0.1, -0.05) is 6.92 Å². The third kappa shape index (κ3) is 2.23. The van der Waals surface area contributed by atoms with Gasteiger partial charge in [-0.3, -0.25) is 0 Å². The monoisotopic (exact) mass is 182 g/mol. The molecule has 1 aliphatic carbocycles. The van der Waals surface area contributed by atoms with Crippen LogP contribution in [0.4, 0.5) is 0 Å². The smallest absolute Gasteiger partial charge is 0.00514 e. The number of nitrogens with zero attached hydrogens (tertiary/aromatic N) is 1. The van der Waals surface area contributed by atoms with Crippen molar-refractivity contribution < 1.29 is 0 Å². The Morgan fingerprint density at radius 2 is 2.23 bits per heavy atom. The molecule has 0 aromatic carbocycles. The van der Waals surface area contributed by atoms with E-state index in [1.54, 1.807) is 0 Å². The lowest BCUT2D eigenvalue weighted by atomic mass is 10.0. The van der Waals surface area contributed by atoms with Gasteiger partial charge < -0.3 is 10.6 Å². The first-order chi connectivity index (χ1) is 6.16. The molecule has 0 aromatic heterocycles. The molecule has 2 heteroatoms. The quantitative estimate of drug-likeness (QED) is 0.713. The third-order valence-electron chi connectivity index (χ3n) is 3.82. The van der Waals surface area contributed by atoms with Crippen LogP contribution in [0.2, 0.25) is 0 Å². The van der Waals surface area contributed by atoms with E-state index in [4.69, 9.17) is 5.73 Å². The maximum atomic E-state index is 5.91. The molecular formula is C11H22N2. The molecule has 0 amide bonds. The summed E-state index contributed by atoms with van der Waals surface area (Å²) in [6.07, 6.45) is 2.78. The Balaban J connectivity index is 1.72. The van der Waals surface area contributed by atoms with Gasteiger partial charge in [-0.05, 0) is 44.1 Å². The molecule has 2 fully saturated rings. The number of rotatable bonds is 3. The molecule has 0 bridgehead atoms. The second kappa shape index (κ2) is 3.58. The molecule has 0 spiro atoms. The van der Waals surface area contributed by atoms with Gasteiger partial charge in [0, 0.05) is 19.1 Å². The second-order valence-corrected chi connectivity index (χ2v) is 5.14. The average Bonchev–Trinajstić information content (AvgIpc) is 2.61. The van der Waals surface area contributed by atoms with Crippen molar-refractivity contribution in [2.24, 2.45) is 23.5 Å². The maximum Gasteiger partial charge on any atom is 0.00514 e. The minimum absolute atomic E-state index is 0.390. The van der Waals surface area contributed by atoms with Gasteiger partial charge >= 0.3 is 0 Å². The Morgan fingerprint density at radius 1 is 1.54 bits per heavy atom. The predicted octanol–water partition coefficient (Wildman–Crippen LogP) is 1.31. The zero-order valence-electron chi connectivity index (χ0n) is 8.87. The van der Waals surface area contributed by atoms with Crippen molar-refractivity contribution in [3.8, 4) is 0 Å². The van der Waals surface area contributed by atoms with Gasteiger partial charge in [0.15, 0.2) is 0 Å². The molecule has 0 radical (unpaired) electrons. The molecule has 1 aliphatic heterocycles. The third-order valence-corrected chi connectivity index (χ3v) is 3.82. The van der Waals surface area contributed by atoms with Crippen molar-refractivity contribution in [2.45, 2.75) is 32.7 Å². The Labute approximate surface area is 81.5 Å². The van der Waals surface area contributed by atoms with Crippen molar-refractivity contribution in [1.29, 1.82) is 0 Å². The van der Waals surface area contributed by atoms with Crippen LogP contribution in [0.3, 0.4) is 0 Å². The fourth-order valence-electron chi connectivity index (χ4n) is 2.44. The molecule has 1 saturated heterocycles. The van der Waals surface area contributed by atoms with Crippen LogP contribution in [-0.4, -0.2) is 30.6 Å². The highest BCUT2D eigenvalue weighted by atomic mass is 15.2. The summed E-state index contributed by atoms with van der Waals surface area (Å²) in [4.78, 5) is 2.61. The Bertz CT molecular complexity index is 179. The normalized spacial score (nSPS) is 42.2. The van der Waals surface area contributed by atoms with Crippen LogP contribution >= 0.6 is 0 Å². The van der Waals surface area contributed by atoms with Crippen LogP contribution in [0.1, 0.15) is 26.7 Å². The summed E-state index contributed by atoms with van der Waals surface area (Å²) in [7, 11) is 0. The van der Waals surface area contributed by atoms with Crippen LogP contribution in [0.25, 0.3) is 0 Å². The SMILES string of the molecule is CC(N)C1CCN(CC2CC2C)C1. The molecule has 2 nitrogen and oxygen atoms in total. The van der Waals surface area contributed by atoms with Gasteiger partial charge in [-0.25, -0.2) is 0 Å². The molecule has 13 heavy (non-hydrogen) atoms. The minimum Gasteiger partial charge on any atom is -0.328 e. The van der Waals surface area contributed by atoms with Gasteiger partial charge in [0.25, 0.3) is 0 Å². The highest BCUT2D eigenvalue weighted by Crippen LogP contribution is 2.39. The molecule has 0 aromatic rings. The lowest BCUT2D eigenvalue weighted by Gasteiger charge is -2.17. The summed E-state index contributed by atoms with van der Waals surface area (Å²) in [5.41, 5.74) is 5.91. The first-order valence-electron chi connectivity index (χ1n) is 5.64. The van der Waals surface area contributed by atoms with Crippen molar-refractivity contribution >= 4 is 0 Å². The Kier molecular flexibility index (Phi) is 2.61. The van der Waals surface area contributed by atoms with Gasteiger partial charge in [0.1, 0.15) is 0 Å². The zero-order chi connectivity index (χ0) is 9.42. The highest BCUT2D eigenvalue weighted by Gasteiger charge is 2.36. The maximum absolute atomic E-state index is 5.91. The Morgan fingerprint density at radius 3 is 2.69 bits per heavy atom. The lowest BCUT2D eigenvalue weighted by molar-refractivity contribution is 0.299. The summed E-state index contributed by atoms with van der Waals surface area (Å²) >= 11 is 0. The van der Waals surface area contributed by atoms with E-state index in [-0.39, 0.29) is 0 Å². The van der Waals surface area contributed by atoms with Gasteiger partial charge in [-0.2, -0.15) is 0 Å². The lowest BCUT2D eigenvalue weighted by Crippen LogP contribution is -2.30. The van der Waals surface area contributed by atoms with E-state index in [2.05, 4.69) is 18.7 Å². The molecular weight excluding hydrogens is 160 g/mol. The fraction of sp³-hybridized carbons (Fsp3) is 1.00. The second-order valence-electron chi connectivity index (χ2n) is 5.14. The molecule has 2 N–H and O–H groups in total. The standard InChI is InChI=1S/C11H22N2/c1-8-5-11(8)7-13-4-3-10(6-13)9(2)12/h8-11H,3-7,12H2,1-2H3. The molecule has 4 unspecified atom stereocenters. The van der Waals surface area contributed by atoms with Crippen molar-refractivity contribution in [1.82, 2.24) is 4.90 Å². The van der Waals surface area contributed by atoms with E-state index >= 15 is 0 Å². The van der Waals surface area contributed by atoms with Crippen molar-refractivity contribution in [3.05, 3.63) is 0 Å². The summed E-state index contributed by atoms with van der Waals surface area (Å²) < 4.78 is 0. The van der Waals surface area contributed by atoms with Crippen LogP contribution in [0.5, 0.6) is 0 Å². The van der Waals surface area contributed by atoms with Gasteiger partial charge in [-0.15, -0.1) is 0 Å². The number of nitrogens with two attached hydrogens (primary N) is 1. The van der Waals surface area contributed by atoms with E-state index in [1.807, 2.05) is 0 Å². The van der Waals surface area contributed by atoms with E-state index in [0.717, 1.165) is 17.8 Å². The first kappa shape index (κ1) is 9.47. The largest absolute Gasteiger partial charge is 0.328 e. The Hall–Kier alpha value is -0.0800. The molecule has 2 rings (SSSR count). The summed E-state index contributed by atoms with van der Waals surface area (Å²) in [5.74, 6) is 2.76.